The minimum absolute atomic E-state index is 0.0532. The first-order valence-electron chi connectivity index (χ1n) is 9.36. The third-order valence-corrected chi connectivity index (χ3v) is 5.70. The van der Waals surface area contributed by atoms with E-state index >= 15 is 0 Å². The topological polar surface area (TPSA) is 89.9 Å². The van der Waals surface area contributed by atoms with E-state index in [-0.39, 0.29) is 18.4 Å². The predicted molar refractivity (Wildman–Crippen MR) is 112 cm³/mol. The Morgan fingerprint density at radius 2 is 1.50 bits per heavy atom. The Hall–Kier alpha value is -1.98. The second-order valence-electron chi connectivity index (χ2n) is 7.44. The quantitative estimate of drug-likeness (QED) is 0.325. The number of nitrogens with zero attached hydrogens (tertiary/aromatic N) is 1. The van der Waals surface area contributed by atoms with Crippen LogP contribution in [0.3, 0.4) is 0 Å². The molecule has 0 spiro atoms. The van der Waals surface area contributed by atoms with Gasteiger partial charge in [0.05, 0.1) is 0 Å². The highest BCUT2D eigenvalue weighted by Crippen LogP contribution is 2.43. The van der Waals surface area contributed by atoms with Crippen molar-refractivity contribution < 1.29 is 19.1 Å². The lowest BCUT2D eigenvalue weighted by Crippen LogP contribution is -2.40. The second-order valence-corrected chi connectivity index (χ2v) is 8.98. The van der Waals surface area contributed by atoms with Gasteiger partial charge in [-0.3, -0.25) is 4.79 Å². The van der Waals surface area contributed by atoms with E-state index in [9.17, 15) is 19.1 Å². The molecule has 1 unspecified atom stereocenters. The maximum Gasteiger partial charge on any atom is 0.405 e. The van der Waals surface area contributed by atoms with E-state index in [2.05, 4.69) is 5.32 Å². The summed E-state index contributed by atoms with van der Waals surface area (Å²) in [6, 6.07) is 14.9. The van der Waals surface area contributed by atoms with Gasteiger partial charge in [-0.2, -0.15) is 4.67 Å². The Bertz CT molecular complexity index is 807. The minimum Gasteiger partial charge on any atom is -0.363 e. The SMILES string of the molecule is CC(C)c1cccc(C(C)C)c1NC(C=O)N(Cc1ccccc1)P(=O)(O)O. The highest BCUT2D eigenvalue weighted by Gasteiger charge is 2.33. The maximum atomic E-state index is 12.2. The fraction of sp³-hybridized carbons (Fsp3) is 0.381. The number of hydrogen-bond acceptors (Lipinski definition) is 3. The lowest BCUT2D eigenvalue weighted by atomic mass is 9.92. The Morgan fingerprint density at radius 3 is 1.93 bits per heavy atom. The zero-order valence-corrected chi connectivity index (χ0v) is 17.6. The van der Waals surface area contributed by atoms with E-state index in [0.717, 1.165) is 21.5 Å². The van der Waals surface area contributed by atoms with Crippen molar-refractivity contribution in [2.75, 3.05) is 5.32 Å². The van der Waals surface area contributed by atoms with Gasteiger partial charge in [0.1, 0.15) is 6.17 Å². The summed E-state index contributed by atoms with van der Waals surface area (Å²) in [5, 5.41) is 3.12. The molecule has 28 heavy (non-hydrogen) atoms. The summed E-state index contributed by atoms with van der Waals surface area (Å²) in [4.78, 5) is 31.7. The van der Waals surface area contributed by atoms with Crippen LogP contribution in [0.5, 0.6) is 0 Å². The van der Waals surface area contributed by atoms with Crippen LogP contribution in [0.1, 0.15) is 56.2 Å². The molecule has 0 saturated carbocycles. The summed E-state index contributed by atoms with van der Waals surface area (Å²) in [7, 11) is -4.69. The number of aldehydes is 1. The van der Waals surface area contributed by atoms with Gasteiger partial charge < -0.3 is 15.1 Å². The van der Waals surface area contributed by atoms with Gasteiger partial charge in [0.2, 0.25) is 0 Å². The van der Waals surface area contributed by atoms with Gasteiger partial charge in [-0.1, -0.05) is 76.2 Å². The van der Waals surface area contributed by atoms with Crippen molar-refractivity contribution in [3.63, 3.8) is 0 Å². The van der Waals surface area contributed by atoms with Crippen LogP contribution in [0.25, 0.3) is 0 Å². The van der Waals surface area contributed by atoms with Gasteiger partial charge in [0.25, 0.3) is 0 Å². The molecule has 0 aromatic heterocycles. The minimum atomic E-state index is -4.69. The van der Waals surface area contributed by atoms with E-state index in [1.54, 1.807) is 24.3 Å². The van der Waals surface area contributed by atoms with Crippen LogP contribution in [0, 0.1) is 0 Å². The zero-order valence-electron chi connectivity index (χ0n) is 16.7. The average Bonchev–Trinajstić information content (AvgIpc) is 2.64. The Balaban J connectivity index is 2.46. The Morgan fingerprint density at radius 1 is 0.964 bits per heavy atom. The number of anilines is 1. The summed E-state index contributed by atoms with van der Waals surface area (Å²) >= 11 is 0. The van der Waals surface area contributed by atoms with Gasteiger partial charge in [0.15, 0.2) is 6.29 Å². The smallest absolute Gasteiger partial charge is 0.363 e. The van der Waals surface area contributed by atoms with Crippen LogP contribution in [-0.2, 0) is 15.9 Å². The van der Waals surface area contributed by atoms with Gasteiger partial charge in [-0.15, -0.1) is 0 Å². The molecule has 0 heterocycles. The van der Waals surface area contributed by atoms with Crippen LogP contribution in [0.15, 0.2) is 48.5 Å². The average molecular weight is 404 g/mol. The number of rotatable bonds is 9. The number of benzene rings is 2. The number of nitrogens with one attached hydrogen (secondary N) is 1. The zero-order chi connectivity index (χ0) is 20.9. The summed E-state index contributed by atoms with van der Waals surface area (Å²) in [6.45, 7) is 8.13. The third kappa shape index (κ3) is 5.52. The molecule has 3 N–H and O–H groups in total. The molecule has 0 radical (unpaired) electrons. The van der Waals surface area contributed by atoms with Crippen molar-refractivity contribution in [3.05, 3.63) is 65.2 Å². The molecule has 0 bridgehead atoms. The highest BCUT2D eigenvalue weighted by atomic mass is 31.2. The number of hydrogen-bond donors (Lipinski definition) is 3. The molecule has 1 atom stereocenters. The monoisotopic (exact) mass is 404 g/mol. The van der Waals surface area contributed by atoms with Crippen molar-refractivity contribution in [1.29, 1.82) is 0 Å². The molecule has 2 aromatic rings. The van der Waals surface area contributed by atoms with E-state index in [4.69, 9.17) is 0 Å². The summed E-state index contributed by atoms with van der Waals surface area (Å²) in [5.74, 6) is 0.372. The second kappa shape index (κ2) is 9.48. The van der Waals surface area contributed by atoms with Gasteiger partial charge in [-0.25, -0.2) is 4.57 Å². The number of carbonyl (C=O) groups excluding carboxylic acids is 1. The Kier molecular flexibility index (Phi) is 7.55. The van der Waals surface area contributed by atoms with Crippen LogP contribution in [0.4, 0.5) is 5.69 Å². The number of para-hydroxylation sites is 1. The first-order valence-corrected chi connectivity index (χ1v) is 10.9. The predicted octanol–water partition coefficient (Wildman–Crippen LogP) is 4.47. The fourth-order valence-electron chi connectivity index (χ4n) is 3.17. The largest absolute Gasteiger partial charge is 0.405 e. The summed E-state index contributed by atoms with van der Waals surface area (Å²) in [5.41, 5.74) is 3.48. The van der Waals surface area contributed by atoms with Crippen molar-refractivity contribution in [2.24, 2.45) is 0 Å². The molecule has 0 amide bonds. The van der Waals surface area contributed by atoms with Crippen LogP contribution >= 0.6 is 7.75 Å². The molecular formula is C21H29N2O4P. The van der Waals surface area contributed by atoms with E-state index in [0.29, 0.717) is 11.8 Å². The van der Waals surface area contributed by atoms with Gasteiger partial charge in [0, 0.05) is 12.2 Å². The van der Waals surface area contributed by atoms with E-state index in [1.807, 2.05) is 52.0 Å². The first kappa shape index (κ1) is 22.3. The van der Waals surface area contributed by atoms with Gasteiger partial charge >= 0.3 is 7.75 Å². The summed E-state index contributed by atoms with van der Waals surface area (Å²) < 4.78 is 13.1. The van der Waals surface area contributed by atoms with E-state index < -0.39 is 13.9 Å². The lowest BCUT2D eigenvalue weighted by molar-refractivity contribution is -0.110. The molecule has 6 nitrogen and oxygen atoms in total. The standard InChI is InChI=1S/C21H29N2O4P/c1-15(2)18-11-8-12-19(16(3)4)21(18)22-20(14-24)23(28(25,26)27)13-17-9-6-5-7-10-17/h5-12,14-16,20,22H,13H2,1-4H3,(H2,25,26,27). The molecule has 2 aromatic carbocycles. The third-order valence-electron chi connectivity index (χ3n) is 4.64. The normalized spacial score (nSPS) is 13.2. The van der Waals surface area contributed by atoms with Crippen LogP contribution in [0.2, 0.25) is 0 Å². The highest BCUT2D eigenvalue weighted by molar-refractivity contribution is 7.49. The molecule has 7 heteroatoms. The molecule has 2 rings (SSSR count). The molecule has 0 aliphatic heterocycles. The van der Waals surface area contributed by atoms with Crippen molar-refractivity contribution in [2.45, 2.75) is 52.2 Å². The fourth-order valence-corrected chi connectivity index (χ4v) is 3.95. The van der Waals surface area contributed by atoms with Crippen LogP contribution in [-0.4, -0.2) is 26.9 Å². The van der Waals surface area contributed by atoms with Crippen molar-refractivity contribution >= 4 is 19.7 Å². The molecule has 0 saturated heterocycles. The summed E-state index contributed by atoms with van der Waals surface area (Å²) in [6.07, 6.45) is -0.623. The molecular weight excluding hydrogens is 375 g/mol. The first-order chi connectivity index (χ1) is 13.1. The Labute approximate surface area is 166 Å². The van der Waals surface area contributed by atoms with Crippen LogP contribution < -0.4 is 5.32 Å². The van der Waals surface area contributed by atoms with Crippen molar-refractivity contribution in [3.8, 4) is 0 Å². The molecule has 152 valence electrons. The van der Waals surface area contributed by atoms with Gasteiger partial charge in [-0.05, 0) is 28.5 Å². The van der Waals surface area contributed by atoms with E-state index in [1.165, 1.54) is 0 Å². The maximum absolute atomic E-state index is 12.2. The lowest BCUT2D eigenvalue weighted by Gasteiger charge is -2.31. The number of carbonyl (C=O) groups is 1. The molecule has 0 aliphatic carbocycles. The van der Waals surface area contributed by atoms with Crippen molar-refractivity contribution in [1.82, 2.24) is 4.67 Å². The molecule has 0 aliphatic rings. The molecule has 0 fully saturated rings.